The van der Waals surface area contributed by atoms with Crippen LogP contribution >= 0.6 is 0 Å². The average Bonchev–Trinajstić information content (AvgIpc) is 2.54. The highest BCUT2D eigenvalue weighted by molar-refractivity contribution is 4.81. The number of aliphatic hydroxyl groups excluding tert-OH is 2. The second-order valence-corrected chi connectivity index (χ2v) is 8.71. The van der Waals surface area contributed by atoms with Crippen LogP contribution in [0.4, 0.5) is 0 Å². The SMILES string of the molecule is OC1CCC(CC2CCC(CC3CCC(O)CC3)CC2)CC1. The summed E-state index contributed by atoms with van der Waals surface area (Å²) in [5.74, 6) is 3.77. The minimum absolute atomic E-state index is 0.000924. The van der Waals surface area contributed by atoms with Crippen molar-refractivity contribution in [1.82, 2.24) is 0 Å². The Balaban J connectivity index is 1.32. The Kier molecular flexibility index (Phi) is 6.21. The van der Waals surface area contributed by atoms with E-state index in [1.165, 1.54) is 64.2 Å². The van der Waals surface area contributed by atoms with Crippen LogP contribution in [-0.4, -0.2) is 22.4 Å². The predicted molar refractivity (Wildman–Crippen MR) is 90.6 cm³/mol. The maximum absolute atomic E-state index is 9.62. The zero-order valence-corrected chi connectivity index (χ0v) is 14.3. The van der Waals surface area contributed by atoms with Gasteiger partial charge in [0.2, 0.25) is 0 Å². The summed E-state index contributed by atoms with van der Waals surface area (Å²) in [5, 5.41) is 19.2. The van der Waals surface area contributed by atoms with E-state index >= 15 is 0 Å². The molecular formula is C20H36O2. The van der Waals surface area contributed by atoms with Crippen LogP contribution in [0.15, 0.2) is 0 Å². The molecule has 3 fully saturated rings. The largest absolute Gasteiger partial charge is 0.393 e. The van der Waals surface area contributed by atoms with Gasteiger partial charge in [-0.3, -0.25) is 0 Å². The number of rotatable bonds is 4. The van der Waals surface area contributed by atoms with Crippen molar-refractivity contribution in [1.29, 1.82) is 0 Å². The van der Waals surface area contributed by atoms with Crippen molar-refractivity contribution in [3.8, 4) is 0 Å². The van der Waals surface area contributed by atoms with E-state index in [1.54, 1.807) is 0 Å². The first-order valence-electron chi connectivity index (χ1n) is 10.0. The Morgan fingerprint density at radius 1 is 0.409 bits per heavy atom. The van der Waals surface area contributed by atoms with Crippen molar-refractivity contribution < 1.29 is 10.2 Å². The van der Waals surface area contributed by atoms with E-state index in [-0.39, 0.29) is 12.2 Å². The van der Waals surface area contributed by atoms with Crippen molar-refractivity contribution >= 4 is 0 Å². The van der Waals surface area contributed by atoms with E-state index in [0.29, 0.717) is 0 Å². The van der Waals surface area contributed by atoms with Gasteiger partial charge >= 0.3 is 0 Å². The summed E-state index contributed by atoms with van der Waals surface area (Å²) in [6, 6.07) is 0. The molecule has 0 unspecified atom stereocenters. The Bertz CT molecular complexity index is 274. The third kappa shape index (κ3) is 4.96. The highest BCUT2D eigenvalue weighted by Gasteiger charge is 2.28. The lowest BCUT2D eigenvalue weighted by atomic mass is 9.71. The van der Waals surface area contributed by atoms with E-state index in [9.17, 15) is 10.2 Å². The van der Waals surface area contributed by atoms with Crippen molar-refractivity contribution in [2.75, 3.05) is 0 Å². The molecule has 0 aromatic rings. The van der Waals surface area contributed by atoms with Crippen molar-refractivity contribution in [3.63, 3.8) is 0 Å². The van der Waals surface area contributed by atoms with Gasteiger partial charge in [-0.1, -0.05) is 25.7 Å². The van der Waals surface area contributed by atoms with E-state index in [4.69, 9.17) is 0 Å². The molecule has 0 aromatic heterocycles. The molecule has 22 heavy (non-hydrogen) atoms. The summed E-state index contributed by atoms with van der Waals surface area (Å²) in [4.78, 5) is 0. The quantitative estimate of drug-likeness (QED) is 0.792. The van der Waals surface area contributed by atoms with Crippen LogP contribution in [0.1, 0.15) is 89.9 Å². The molecule has 0 aliphatic heterocycles. The van der Waals surface area contributed by atoms with Gasteiger partial charge in [-0.15, -0.1) is 0 Å². The molecule has 3 saturated carbocycles. The zero-order valence-electron chi connectivity index (χ0n) is 14.3. The molecule has 0 atom stereocenters. The topological polar surface area (TPSA) is 40.5 Å². The van der Waals surface area contributed by atoms with Crippen molar-refractivity contribution in [3.05, 3.63) is 0 Å². The summed E-state index contributed by atoms with van der Waals surface area (Å²) in [7, 11) is 0. The fourth-order valence-electron chi connectivity index (χ4n) is 5.41. The molecule has 3 rings (SSSR count). The van der Waals surface area contributed by atoms with Crippen LogP contribution in [0.25, 0.3) is 0 Å². The number of hydrogen-bond acceptors (Lipinski definition) is 2. The molecule has 2 N–H and O–H groups in total. The normalized spacial score (nSPS) is 43.9. The smallest absolute Gasteiger partial charge is 0.0540 e. The molecule has 0 spiro atoms. The Labute approximate surface area is 136 Å². The van der Waals surface area contributed by atoms with E-state index in [2.05, 4.69) is 0 Å². The van der Waals surface area contributed by atoms with Gasteiger partial charge in [-0.25, -0.2) is 0 Å². The molecule has 128 valence electrons. The molecule has 0 saturated heterocycles. The summed E-state index contributed by atoms with van der Waals surface area (Å²) in [5.41, 5.74) is 0. The third-order valence-corrected chi connectivity index (χ3v) is 6.93. The van der Waals surface area contributed by atoms with Gasteiger partial charge in [0.25, 0.3) is 0 Å². The molecule has 0 aromatic carbocycles. The lowest BCUT2D eigenvalue weighted by molar-refractivity contribution is 0.0887. The van der Waals surface area contributed by atoms with Crippen LogP contribution in [0.2, 0.25) is 0 Å². The highest BCUT2D eigenvalue weighted by Crippen LogP contribution is 2.40. The Morgan fingerprint density at radius 3 is 0.909 bits per heavy atom. The molecule has 2 heteroatoms. The maximum atomic E-state index is 9.62. The van der Waals surface area contributed by atoms with Gasteiger partial charge in [-0.05, 0) is 87.9 Å². The van der Waals surface area contributed by atoms with Gasteiger partial charge < -0.3 is 10.2 Å². The number of hydrogen-bond donors (Lipinski definition) is 2. The standard InChI is InChI=1S/C20H36O2/c21-19-9-5-17(6-10-19)13-15-1-2-16(4-3-15)14-18-7-11-20(22)12-8-18/h15-22H,1-14H2. The molecule has 2 nitrogen and oxygen atoms in total. The Morgan fingerprint density at radius 2 is 0.636 bits per heavy atom. The number of aliphatic hydroxyl groups is 2. The highest BCUT2D eigenvalue weighted by atomic mass is 16.3. The molecule has 0 radical (unpaired) electrons. The first-order valence-corrected chi connectivity index (χ1v) is 10.0. The van der Waals surface area contributed by atoms with Gasteiger partial charge in [0.15, 0.2) is 0 Å². The predicted octanol–water partition coefficient (Wildman–Crippen LogP) is 4.68. The molecule has 0 heterocycles. The van der Waals surface area contributed by atoms with Crippen LogP contribution in [0.3, 0.4) is 0 Å². The molecular weight excluding hydrogens is 272 g/mol. The molecule has 0 amide bonds. The molecule has 3 aliphatic carbocycles. The fourth-order valence-corrected chi connectivity index (χ4v) is 5.41. The second kappa shape index (κ2) is 8.15. The van der Waals surface area contributed by atoms with Gasteiger partial charge in [0.05, 0.1) is 12.2 Å². The monoisotopic (exact) mass is 308 g/mol. The van der Waals surface area contributed by atoms with E-state index < -0.39 is 0 Å². The molecule has 3 aliphatic rings. The average molecular weight is 309 g/mol. The summed E-state index contributed by atoms with van der Waals surface area (Å²) < 4.78 is 0. The molecule has 0 bridgehead atoms. The third-order valence-electron chi connectivity index (χ3n) is 6.93. The first-order chi connectivity index (χ1) is 10.7. The van der Waals surface area contributed by atoms with Crippen LogP contribution in [-0.2, 0) is 0 Å². The summed E-state index contributed by atoms with van der Waals surface area (Å²) >= 11 is 0. The summed E-state index contributed by atoms with van der Waals surface area (Å²) in [6.07, 6.45) is 18.0. The lowest BCUT2D eigenvalue weighted by Gasteiger charge is -2.35. The summed E-state index contributed by atoms with van der Waals surface area (Å²) in [6.45, 7) is 0. The van der Waals surface area contributed by atoms with Crippen LogP contribution in [0.5, 0.6) is 0 Å². The van der Waals surface area contributed by atoms with Crippen molar-refractivity contribution in [2.24, 2.45) is 23.7 Å². The van der Waals surface area contributed by atoms with E-state index in [0.717, 1.165) is 49.4 Å². The minimum Gasteiger partial charge on any atom is -0.393 e. The second-order valence-electron chi connectivity index (χ2n) is 8.71. The zero-order chi connectivity index (χ0) is 15.4. The minimum atomic E-state index is 0.000924. The lowest BCUT2D eigenvalue weighted by Crippen LogP contribution is -2.24. The Hall–Kier alpha value is -0.0800. The first kappa shape index (κ1) is 16.8. The van der Waals surface area contributed by atoms with E-state index in [1.807, 2.05) is 0 Å². The van der Waals surface area contributed by atoms with Crippen molar-refractivity contribution in [2.45, 2.75) is 102 Å². The van der Waals surface area contributed by atoms with Crippen LogP contribution in [0, 0.1) is 23.7 Å². The van der Waals surface area contributed by atoms with Gasteiger partial charge in [-0.2, -0.15) is 0 Å². The van der Waals surface area contributed by atoms with Crippen LogP contribution < -0.4 is 0 Å². The van der Waals surface area contributed by atoms with Gasteiger partial charge in [0, 0.05) is 0 Å². The maximum Gasteiger partial charge on any atom is 0.0540 e. The fraction of sp³-hybridized carbons (Fsp3) is 1.00. The van der Waals surface area contributed by atoms with Gasteiger partial charge in [0.1, 0.15) is 0 Å².